The topological polar surface area (TPSA) is 118 Å². The number of likely N-dealkylation sites (tertiary alicyclic amines) is 1. The molecule has 1 aromatic heterocycles. The van der Waals surface area contributed by atoms with Gasteiger partial charge in [-0.3, -0.25) is 34.5 Å². The van der Waals surface area contributed by atoms with E-state index in [0.29, 0.717) is 49.8 Å². The fraction of sp³-hybridized carbons (Fsp3) is 0.487. The van der Waals surface area contributed by atoms with Gasteiger partial charge in [0.15, 0.2) is 0 Å². The maximum atomic E-state index is 12.4. The Labute approximate surface area is 289 Å². The highest BCUT2D eigenvalue weighted by molar-refractivity contribution is 6.00. The Morgan fingerprint density at radius 3 is 2.39 bits per heavy atom. The van der Waals surface area contributed by atoms with Gasteiger partial charge in [-0.15, -0.1) is 0 Å². The highest BCUT2D eigenvalue weighted by Crippen LogP contribution is 2.35. The summed E-state index contributed by atoms with van der Waals surface area (Å²) >= 11 is 0. The molecule has 1 atom stereocenters. The second kappa shape index (κ2) is 15.2. The Balaban J connectivity index is 0.988. The van der Waals surface area contributed by atoms with Crippen molar-refractivity contribution in [2.24, 2.45) is 0 Å². The number of anilines is 2. The van der Waals surface area contributed by atoms with Crippen molar-refractivity contribution < 1.29 is 19.5 Å². The first-order valence-electron chi connectivity index (χ1n) is 17.7. The van der Waals surface area contributed by atoms with E-state index in [1.54, 1.807) is 6.07 Å². The Bertz CT molecular complexity index is 1610. The molecule has 10 nitrogen and oxygen atoms in total. The molecule has 3 aliphatic heterocycles. The fourth-order valence-corrected chi connectivity index (χ4v) is 7.42. The summed E-state index contributed by atoms with van der Waals surface area (Å²) in [5.41, 5.74) is 5.86. The van der Waals surface area contributed by atoms with Crippen molar-refractivity contribution in [2.45, 2.75) is 89.1 Å². The fourth-order valence-electron chi connectivity index (χ4n) is 7.42. The maximum Gasteiger partial charge on any atom is 0.243 e. The van der Waals surface area contributed by atoms with E-state index >= 15 is 0 Å². The second-order valence-electron chi connectivity index (χ2n) is 14.4. The molecule has 3 N–H and O–H groups in total. The Hall–Kier alpha value is -4.12. The zero-order valence-electron chi connectivity index (χ0n) is 29.0. The molecule has 49 heavy (non-hydrogen) atoms. The number of carbonyl (C=O) groups is 3. The van der Waals surface area contributed by atoms with E-state index in [1.807, 2.05) is 30.3 Å². The number of pyridine rings is 1. The minimum absolute atomic E-state index is 0.252. The van der Waals surface area contributed by atoms with Gasteiger partial charge in [-0.05, 0) is 86.0 Å². The van der Waals surface area contributed by atoms with Crippen molar-refractivity contribution in [1.82, 2.24) is 20.1 Å². The van der Waals surface area contributed by atoms with Gasteiger partial charge >= 0.3 is 0 Å². The molecule has 6 rings (SSSR count). The molecule has 0 spiro atoms. The Morgan fingerprint density at radius 1 is 1.02 bits per heavy atom. The summed E-state index contributed by atoms with van der Waals surface area (Å²) in [4.78, 5) is 47.2. The second-order valence-corrected chi connectivity index (χ2v) is 14.4. The number of carbonyl (C=O) groups excluding carboxylic acids is 3. The van der Waals surface area contributed by atoms with Gasteiger partial charge in [0, 0.05) is 68.7 Å². The first-order valence-corrected chi connectivity index (χ1v) is 17.7. The van der Waals surface area contributed by atoms with Crippen molar-refractivity contribution >= 4 is 29.5 Å². The van der Waals surface area contributed by atoms with Crippen LogP contribution in [-0.4, -0.2) is 83.3 Å². The van der Waals surface area contributed by atoms with Gasteiger partial charge in [0.05, 0.1) is 23.5 Å². The lowest BCUT2D eigenvalue weighted by molar-refractivity contribution is -0.137. The number of imide groups is 1. The lowest BCUT2D eigenvalue weighted by Gasteiger charge is -2.39. The van der Waals surface area contributed by atoms with E-state index in [2.05, 4.69) is 75.7 Å². The molecule has 260 valence electrons. The highest BCUT2D eigenvalue weighted by Gasteiger charge is 2.35. The molecule has 0 radical (unpaired) electrons. The van der Waals surface area contributed by atoms with Crippen molar-refractivity contribution in [2.75, 3.05) is 43.4 Å². The maximum absolute atomic E-state index is 12.4. The van der Waals surface area contributed by atoms with Crippen LogP contribution in [0, 0.1) is 0 Å². The molecule has 4 heterocycles. The molecule has 0 saturated carbocycles. The summed E-state index contributed by atoms with van der Waals surface area (Å²) in [5.74, 6) is -0.122. The van der Waals surface area contributed by atoms with Crippen LogP contribution in [0.25, 0.3) is 0 Å². The van der Waals surface area contributed by atoms with Crippen molar-refractivity contribution in [1.29, 1.82) is 0 Å². The molecule has 3 saturated heterocycles. The molecular formula is C39H50N6O4. The molecule has 1 unspecified atom stereocenters. The molecule has 3 fully saturated rings. The van der Waals surface area contributed by atoms with Gasteiger partial charge in [-0.2, -0.15) is 0 Å². The van der Waals surface area contributed by atoms with Crippen LogP contribution in [0.4, 0.5) is 11.4 Å². The van der Waals surface area contributed by atoms with E-state index in [1.165, 1.54) is 11.3 Å². The zero-order chi connectivity index (χ0) is 34.5. The van der Waals surface area contributed by atoms with Crippen LogP contribution >= 0.6 is 0 Å². The number of amides is 2. The number of benzene rings is 2. The minimum Gasteiger partial charge on any atom is -0.385 e. The number of hydrogen-bond acceptors (Lipinski definition) is 9. The third-order valence-corrected chi connectivity index (χ3v) is 10.6. The van der Waals surface area contributed by atoms with E-state index < -0.39 is 11.6 Å². The molecule has 10 heteroatoms. The van der Waals surface area contributed by atoms with Gasteiger partial charge in [-0.25, -0.2) is 0 Å². The normalized spacial score (nSPS) is 20.4. The smallest absolute Gasteiger partial charge is 0.243 e. The first kappa shape index (κ1) is 34.7. The van der Waals surface area contributed by atoms with Gasteiger partial charge in [0.1, 0.15) is 6.29 Å². The van der Waals surface area contributed by atoms with E-state index in [9.17, 15) is 19.5 Å². The standard InChI is InChI=1S/C39H50N6O4/c1-27(2)35-11-8-33(23-40-35)41-32-14-18-45(19-15-32)34-9-4-28(5-10-34)24-44-20-16-39(49,17-21-44)31-7-6-29(26-46)30(22-31)25-43(3)36-12-13-37(47)42-38(36)48/h4-11,22-23,26-27,32,36,41,49H,12-21,24-25H2,1-3H3,(H,42,47,48). The zero-order valence-corrected chi connectivity index (χ0v) is 29.0. The molecule has 2 amide bonds. The van der Waals surface area contributed by atoms with Crippen LogP contribution in [0.2, 0.25) is 0 Å². The van der Waals surface area contributed by atoms with Gasteiger partial charge < -0.3 is 15.3 Å². The summed E-state index contributed by atoms with van der Waals surface area (Å²) in [5, 5.41) is 17.8. The molecule has 0 aliphatic carbocycles. The van der Waals surface area contributed by atoms with E-state index in [4.69, 9.17) is 0 Å². The molecule has 3 aliphatic rings. The predicted octanol–water partition coefficient (Wildman–Crippen LogP) is 4.82. The number of aliphatic hydroxyl groups is 1. The average Bonchev–Trinajstić information content (AvgIpc) is 3.10. The van der Waals surface area contributed by atoms with Crippen molar-refractivity contribution in [3.63, 3.8) is 0 Å². The first-order chi connectivity index (χ1) is 23.6. The monoisotopic (exact) mass is 666 g/mol. The van der Waals surface area contributed by atoms with E-state index in [-0.39, 0.29) is 11.8 Å². The van der Waals surface area contributed by atoms with Crippen LogP contribution in [0.1, 0.15) is 91.0 Å². The summed E-state index contributed by atoms with van der Waals surface area (Å²) in [7, 11) is 1.83. The third kappa shape index (κ3) is 8.37. The summed E-state index contributed by atoms with van der Waals surface area (Å²) in [6.45, 7) is 9.08. The lowest BCUT2D eigenvalue weighted by atomic mass is 9.83. The molecule has 3 aromatic rings. The average molecular weight is 667 g/mol. The SMILES string of the molecule is CC(C)c1ccc(NC2CCN(c3ccc(CN4CCC(O)(c5ccc(C=O)c(CN(C)C6CCC(=O)NC6=O)c5)CC4)cc3)CC2)cn1. The summed E-state index contributed by atoms with van der Waals surface area (Å²) in [6, 6.07) is 18.7. The Morgan fingerprint density at radius 2 is 1.76 bits per heavy atom. The van der Waals surface area contributed by atoms with Crippen molar-refractivity contribution in [3.8, 4) is 0 Å². The summed E-state index contributed by atoms with van der Waals surface area (Å²) in [6.07, 6.45) is 6.87. The number of piperidine rings is 3. The number of aldehydes is 1. The van der Waals surface area contributed by atoms with Crippen LogP contribution < -0.4 is 15.5 Å². The lowest BCUT2D eigenvalue weighted by Crippen LogP contribution is -2.51. The molecular weight excluding hydrogens is 616 g/mol. The number of rotatable bonds is 11. The van der Waals surface area contributed by atoms with Gasteiger partial charge in [0.2, 0.25) is 11.8 Å². The van der Waals surface area contributed by atoms with Crippen LogP contribution in [0.15, 0.2) is 60.8 Å². The van der Waals surface area contributed by atoms with E-state index in [0.717, 1.165) is 74.4 Å². The number of hydrogen-bond donors (Lipinski definition) is 3. The molecule has 2 aromatic carbocycles. The number of nitrogens with zero attached hydrogens (tertiary/aromatic N) is 4. The number of aromatic nitrogens is 1. The van der Waals surface area contributed by atoms with Crippen LogP contribution in [0.5, 0.6) is 0 Å². The van der Waals surface area contributed by atoms with Gasteiger partial charge in [-0.1, -0.05) is 44.2 Å². The van der Waals surface area contributed by atoms with Crippen LogP contribution in [0.3, 0.4) is 0 Å². The van der Waals surface area contributed by atoms with Gasteiger partial charge in [0.25, 0.3) is 0 Å². The largest absolute Gasteiger partial charge is 0.385 e. The predicted molar refractivity (Wildman–Crippen MR) is 192 cm³/mol. The Kier molecular flexibility index (Phi) is 10.8. The van der Waals surface area contributed by atoms with Crippen LogP contribution in [-0.2, 0) is 28.3 Å². The summed E-state index contributed by atoms with van der Waals surface area (Å²) < 4.78 is 0. The van der Waals surface area contributed by atoms with Crippen molar-refractivity contribution in [3.05, 3.63) is 88.7 Å². The minimum atomic E-state index is -0.987. The third-order valence-electron chi connectivity index (χ3n) is 10.6. The quantitative estimate of drug-likeness (QED) is 0.196. The number of nitrogens with one attached hydrogen (secondary N) is 2. The highest BCUT2D eigenvalue weighted by atomic mass is 16.3. The number of likely N-dealkylation sites (N-methyl/N-ethyl adjacent to an activating group) is 1. The molecule has 0 bridgehead atoms.